The lowest BCUT2D eigenvalue weighted by Gasteiger charge is -2.69. The van der Waals surface area contributed by atoms with Crippen molar-refractivity contribution in [1.82, 2.24) is 0 Å². The molecule has 0 aliphatic heterocycles. The molecule has 5 saturated carbocycles. The summed E-state index contributed by atoms with van der Waals surface area (Å²) in [6.45, 7) is 10.4. The highest BCUT2D eigenvalue weighted by Crippen LogP contribution is 2.90. The van der Waals surface area contributed by atoms with Gasteiger partial charge in [0.15, 0.2) is 0 Å². The van der Waals surface area contributed by atoms with E-state index in [-0.39, 0.29) is 51.9 Å². The van der Waals surface area contributed by atoms with E-state index >= 15 is 0 Å². The predicted octanol–water partition coefficient (Wildman–Crippen LogP) is 3.76. The third-order valence-corrected chi connectivity index (χ3v) is 14.1. The molecule has 0 amide bonds. The van der Waals surface area contributed by atoms with E-state index in [0.29, 0.717) is 19.3 Å². The summed E-state index contributed by atoms with van der Waals surface area (Å²) in [5.74, 6) is -0.760. The SMILES string of the molecule is CC1CCC2(C(=O)O)CCC34CC3(C=CC3C5(C)CC(O)C(O)C(C)(CO)C5CCC34C)C2C1(C)O. The molecule has 5 N–H and O–H groups in total. The van der Waals surface area contributed by atoms with Crippen LogP contribution in [0.4, 0.5) is 0 Å². The van der Waals surface area contributed by atoms with Gasteiger partial charge in [-0.3, -0.25) is 4.79 Å². The van der Waals surface area contributed by atoms with E-state index in [2.05, 4.69) is 32.9 Å². The van der Waals surface area contributed by atoms with Gasteiger partial charge in [-0.25, -0.2) is 0 Å². The second kappa shape index (κ2) is 6.97. The summed E-state index contributed by atoms with van der Waals surface area (Å²) in [5, 5.41) is 54.9. The van der Waals surface area contributed by atoms with Crippen LogP contribution in [0.5, 0.6) is 0 Å². The first kappa shape index (κ1) is 25.3. The number of allylic oxidation sites excluding steroid dienone is 2. The van der Waals surface area contributed by atoms with Crippen molar-refractivity contribution in [2.75, 3.05) is 6.61 Å². The van der Waals surface area contributed by atoms with Gasteiger partial charge in [0.1, 0.15) is 0 Å². The van der Waals surface area contributed by atoms with Crippen LogP contribution in [0, 0.1) is 56.2 Å². The molecule has 0 radical (unpaired) electrons. The number of rotatable bonds is 2. The van der Waals surface area contributed by atoms with Crippen LogP contribution >= 0.6 is 0 Å². The highest BCUT2D eigenvalue weighted by atomic mass is 16.4. The number of aliphatic hydroxyl groups is 4. The Hall–Kier alpha value is -0.950. The van der Waals surface area contributed by atoms with Gasteiger partial charge in [0, 0.05) is 16.7 Å². The quantitative estimate of drug-likeness (QED) is 0.367. The number of aliphatic carboxylic acids is 1. The van der Waals surface area contributed by atoms with Crippen molar-refractivity contribution in [3.8, 4) is 0 Å². The molecule has 0 aromatic heterocycles. The molecule has 13 unspecified atom stereocenters. The Morgan fingerprint density at radius 2 is 1.72 bits per heavy atom. The average molecular weight is 503 g/mol. The zero-order valence-corrected chi connectivity index (χ0v) is 22.6. The van der Waals surface area contributed by atoms with E-state index in [0.717, 1.165) is 32.1 Å². The lowest BCUT2D eigenvalue weighted by molar-refractivity contribution is -0.243. The lowest BCUT2D eigenvalue weighted by Crippen LogP contribution is -2.68. The van der Waals surface area contributed by atoms with Crippen LogP contribution < -0.4 is 0 Å². The van der Waals surface area contributed by atoms with E-state index in [1.807, 2.05) is 13.8 Å². The fourth-order valence-corrected chi connectivity index (χ4v) is 12.2. The Morgan fingerprint density at radius 3 is 2.36 bits per heavy atom. The number of fused-ring (bicyclic) bond motifs is 4. The molecule has 6 aliphatic carbocycles. The van der Waals surface area contributed by atoms with Gasteiger partial charge in [0.05, 0.1) is 29.8 Å². The van der Waals surface area contributed by atoms with E-state index in [1.165, 1.54) is 0 Å². The maximum Gasteiger partial charge on any atom is 0.310 e. The second-order valence-corrected chi connectivity index (χ2v) is 15.1. The van der Waals surface area contributed by atoms with E-state index < -0.39 is 34.6 Å². The number of aliphatic hydroxyl groups excluding tert-OH is 3. The van der Waals surface area contributed by atoms with Crippen molar-refractivity contribution < 1.29 is 30.3 Å². The fraction of sp³-hybridized carbons (Fsp3) is 0.900. The minimum atomic E-state index is -1.05. The molecule has 0 bridgehead atoms. The zero-order valence-electron chi connectivity index (χ0n) is 22.6. The maximum atomic E-state index is 12.9. The number of carbonyl (C=O) groups is 1. The Morgan fingerprint density at radius 1 is 1.03 bits per heavy atom. The normalized spacial score (nSPS) is 63.2. The van der Waals surface area contributed by atoms with Gasteiger partial charge in [-0.15, -0.1) is 0 Å². The van der Waals surface area contributed by atoms with Crippen LogP contribution in [0.3, 0.4) is 0 Å². The molecule has 5 fully saturated rings. The summed E-state index contributed by atoms with van der Waals surface area (Å²) in [5.41, 5.74) is -3.44. The molecule has 0 heterocycles. The van der Waals surface area contributed by atoms with Crippen molar-refractivity contribution in [1.29, 1.82) is 0 Å². The summed E-state index contributed by atoms with van der Waals surface area (Å²) < 4.78 is 0. The minimum absolute atomic E-state index is 0.0492. The number of carboxylic acids is 1. The van der Waals surface area contributed by atoms with Gasteiger partial charge in [-0.2, -0.15) is 0 Å². The summed E-state index contributed by atoms with van der Waals surface area (Å²) in [6.07, 6.45) is 8.91. The van der Waals surface area contributed by atoms with Crippen LogP contribution in [-0.2, 0) is 4.79 Å². The minimum Gasteiger partial charge on any atom is -0.481 e. The van der Waals surface area contributed by atoms with Crippen LogP contribution in [0.1, 0.15) is 86.0 Å². The van der Waals surface area contributed by atoms with Gasteiger partial charge >= 0.3 is 5.97 Å². The number of hydrogen-bond donors (Lipinski definition) is 5. The molecule has 6 nitrogen and oxygen atoms in total. The highest BCUT2D eigenvalue weighted by molar-refractivity contribution is 5.77. The van der Waals surface area contributed by atoms with Crippen molar-refractivity contribution in [3.05, 3.63) is 12.2 Å². The Labute approximate surface area is 215 Å². The Bertz CT molecular complexity index is 1020. The largest absolute Gasteiger partial charge is 0.481 e. The molecule has 6 rings (SSSR count). The molecule has 202 valence electrons. The van der Waals surface area contributed by atoms with Gasteiger partial charge in [0.2, 0.25) is 0 Å². The Kier molecular flexibility index (Phi) is 4.90. The van der Waals surface area contributed by atoms with Crippen LogP contribution in [-0.4, -0.2) is 55.9 Å². The molecule has 6 heteroatoms. The molecular weight excluding hydrogens is 456 g/mol. The number of hydrogen-bond acceptors (Lipinski definition) is 5. The molecule has 6 aliphatic rings. The molecule has 13 atom stereocenters. The third kappa shape index (κ3) is 2.44. The first-order valence-electron chi connectivity index (χ1n) is 14.3. The first-order chi connectivity index (χ1) is 16.6. The smallest absolute Gasteiger partial charge is 0.310 e. The van der Waals surface area contributed by atoms with Gasteiger partial charge in [0.25, 0.3) is 0 Å². The lowest BCUT2D eigenvalue weighted by atomic mass is 9.35. The fourth-order valence-electron chi connectivity index (χ4n) is 12.2. The monoisotopic (exact) mass is 502 g/mol. The van der Waals surface area contributed by atoms with Gasteiger partial charge in [-0.1, -0.05) is 39.8 Å². The Balaban J connectivity index is 1.49. The van der Waals surface area contributed by atoms with E-state index in [4.69, 9.17) is 0 Å². The maximum absolute atomic E-state index is 12.9. The topological polar surface area (TPSA) is 118 Å². The second-order valence-electron chi connectivity index (χ2n) is 15.1. The van der Waals surface area contributed by atoms with E-state index in [1.54, 1.807) is 0 Å². The van der Waals surface area contributed by atoms with Crippen molar-refractivity contribution in [3.63, 3.8) is 0 Å². The first-order valence-corrected chi connectivity index (χ1v) is 14.3. The zero-order chi connectivity index (χ0) is 26.3. The van der Waals surface area contributed by atoms with Crippen LogP contribution in [0.2, 0.25) is 0 Å². The highest BCUT2D eigenvalue weighted by Gasteiger charge is 2.86. The predicted molar refractivity (Wildman–Crippen MR) is 135 cm³/mol. The van der Waals surface area contributed by atoms with E-state index in [9.17, 15) is 30.3 Å². The number of carboxylic acid groups (broad SMARTS) is 1. The van der Waals surface area contributed by atoms with Crippen LogP contribution in [0.15, 0.2) is 12.2 Å². The van der Waals surface area contributed by atoms with Crippen molar-refractivity contribution in [2.45, 2.75) is 104 Å². The summed E-state index contributed by atoms with van der Waals surface area (Å²) >= 11 is 0. The summed E-state index contributed by atoms with van der Waals surface area (Å²) in [4.78, 5) is 12.9. The molecule has 0 spiro atoms. The molecular formula is C30H46O6. The molecule has 0 saturated heterocycles. The third-order valence-electron chi connectivity index (χ3n) is 14.1. The average Bonchev–Trinajstić information content (AvgIpc) is 3.51. The van der Waals surface area contributed by atoms with Crippen molar-refractivity contribution >= 4 is 5.97 Å². The van der Waals surface area contributed by atoms with Crippen molar-refractivity contribution in [2.24, 2.45) is 56.2 Å². The molecule has 36 heavy (non-hydrogen) atoms. The van der Waals surface area contributed by atoms with Gasteiger partial charge in [-0.05, 0) is 92.3 Å². The van der Waals surface area contributed by atoms with Gasteiger partial charge < -0.3 is 25.5 Å². The van der Waals surface area contributed by atoms with Crippen LogP contribution in [0.25, 0.3) is 0 Å². The molecule has 0 aromatic carbocycles. The summed E-state index contributed by atoms with van der Waals surface area (Å²) in [7, 11) is 0. The summed E-state index contributed by atoms with van der Waals surface area (Å²) in [6, 6.07) is 0. The molecule has 0 aromatic rings. The standard InChI is InChI=1S/C30H46O6/c1-17-6-10-28(23(34)35)12-13-30-15-29(30,22(28)27(17,5)36)11-8-20-24(2)14-18(32)21(33)25(3,16-31)19(24)7-9-26(20,30)4/h8,11,17-22,31-33,36H,6-7,9-10,12-16H2,1-5H3,(H,34,35).